The van der Waals surface area contributed by atoms with Crippen LogP contribution in [-0.2, 0) is 6.42 Å². The third kappa shape index (κ3) is 4.31. The van der Waals surface area contributed by atoms with Gasteiger partial charge in [0.25, 0.3) is 0 Å². The van der Waals surface area contributed by atoms with Crippen molar-refractivity contribution in [3.8, 4) is 0 Å². The number of para-hydroxylation sites is 1. The maximum Gasteiger partial charge on any atom is 0.0704 e. The topological polar surface area (TPSA) is 24.9 Å². The fourth-order valence-electron chi connectivity index (χ4n) is 2.50. The molecular weight excluding hydrogens is 244 g/mol. The van der Waals surface area contributed by atoms with E-state index in [4.69, 9.17) is 0 Å². The molecule has 1 atom stereocenters. The monoisotopic (exact) mass is 270 g/mol. The highest BCUT2D eigenvalue weighted by Gasteiger charge is 2.11. The second-order valence-electron chi connectivity index (χ2n) is 6.76. The van der Waals surface area contributed by atoms with Gasteiger partial charge in [-0.15, -0.1) is 0 Å². The first-order chi connectivity index (χ1) is 9.46. The van der Waals surface area contributed by atoms with Crippen LogP contribution in [-0.4, -0.2) is 17.1 Å². The van der Waals surface area contributed by atoms with Crippen molar-refractivity contribution in [3.63, 3.8) is 0 Å². The van der Waals surface area contributed by atoms with E-state index in [0.717, 1.165) is 18.5 Å². The molecule has 2 rings (SSSR count). The fourth-order valence-corrected chi connectivity index (χ4v) is 2.50. The summed E-state index contributed by atoms with van der Waals surface area (Å²) in [7, 11) is 0. The predicted octanol–water partition coefficient (Wildman–Crippen LogP) is 4.19. The van der Waals surface area contributed by atoms with Gasteiger partial charge < -0.3 is 5.32 Å². The average Bonchev–Trinajstić information content (AvgIpc) is 2.37. The quantitative estimate of drug-likeness (QED) is 0.881. The van der Waals surface area contributed by atoms with Crippen LogP contribution in [0.4, 0.5) is 0 Å². The molecule has 2 heteroatoms. The van der Waals surface area contributed by atoms with Gasteiger partial charge in [-0.05, 0) is 63.8 Å². The van der Waals surface area contributed by atoms with Crippen molar-refractivity contribution in [1.29, 1.82) is 0 Å². The third-order valence-corrected chi connectivity index (χ3v) is 3.60. The summed E-state index contributed by atoms with van der Waals surface area (Å²) < 4.78 is 0. The Morgan fingerprint density at radius 1 is 1.15 bits per heavy atom. The molecule has 1 aromatic carbocycles. The number of nitrogens with one attached hydrogen (secondary N) is 1. The predicted molar refractivity (Wildman–Crippen MR) is 87.0 cm³/mol. The highest BCUT2D eigenvalue weighted by atomic mass is 14.9. The van der Waals surface area contributed by atoms with Gasteiger partial charge in [0, 0.05) is 17.1 Å². The summed E-state index contributed by atoms with van der Waals surface area (Å²) in [6.45, 7) is 10.1. The molecule has 0 aliphatic carbocycles. The summed E-state index contributed by atoms with van der Waals surface area (Å²) in [4.78, 5) is 4.43. The molecule has 0 aliphatic rings. The zero-order chi connectivity index (χ0) is 14.6. The van der Waals surface area contributed by atoms with Gasteiger partial charge >= 0.3 is 0 Å². The van der Waals surface area contributed by atoms with Gasteiger partial charge in [-0.2, -0.15) is 0 Å². The Morgan fingerprint density at radius 2 is 1.90 bits per heavy atom. The second-order valence-corrected chi connectivity index (χ2v) is 6.76. The SMILES string of the molecule is CC(CCNC(C)(C)C)Cc1ccnc2ccccc12. The van der Waals surface area contributed by atoms with Crippen molar-refractivity contribution in [1.82, 2.24) is 10.3 Å². The molecule has 1 heterocycles. The van der Waals surface area contributed by atoms with Gasteiger partial charge in [-0.1, -0.05) is 25.1 Å². The summed E-state index contributed by atoms with van der Waals surface area (Å²) in [5.74, 6) is 0.677. The van der Waals surface area contributed by atoms with Crippen molar-refractivity contribution in [2.45, 2.75) is 46.1 Å². The van der Waals surface area contributed by atoms with Crippen LogP contribution < -0.4 is 5.32 Å². The molecule has 0 aliphatic heterocycles. The number of benzene rings is 1. The molecule has 0 saturated carbocycles. The van der Waals surface area contributed by atoms with Crippen molar-refractivity contribution < 1.29 is 0 Å². The zero-order valence-corrected chi connectivity index (χ0v) is 13.1. The number of hydrogen-bond donors (Lipinski definition) is 1. The molecule has 108 valence electrons. The van der Waals surface area contributed by atoms with Gasteiger partial charge in [0.1, 0.15) is 0 Å². The van der Waals surface area contributed by atoms with Crippen LogP contribution >= 0.6 is 0 Å². The summed E-state index contributed by atoms with van der Waals surface area (Å²) in [6, 6.07) is 10.6. The van der Waals surface area contributed by atoms with E-state index < -0.39 is 0 Å². The average molecular weight is 270 g/mol. The first-order valence-electron chi connectivity index (χ1n) is 7.53. The largest absolute Gasteiger partial charge is 0.312 e. The van der Waals surface area contributed by atoms with Crippen molar-refractivity contribution in [3.05, 3.63) is 42.1 Å². The number of rotatable bonds is 5. The van der Waals surface area contributed by atoms with Crippen LogP contribution in [0.15, 0.2) is 36.5 Å². The lowest BCUT2D eigenvalue weighted by Crippen LogP contribution is -2.37. The van der Waals surface area contributed by atoms with Crippen LogP contribution in [0, 0.1) is 5.92 Å². The maximum absolute atomic E-state index is 4.43. The van der Waals surface area contributed by atoms with Crippen LogP contribution in [0.3, 0.4) is 0 Å². The highest BCUT2D eigenvalue weighted by Crippen LogP contribution is 2.20. The van der Waals surface area contributed by atoms with Crippen LogP contribution in [0.2, 0.25) is 0 Å². The van der Waals surface area contributed by atoms with Crippen LogP contribution in [0.25, 0.3) is 10.9 Å². The number of aromatic nitrogens is 1. The Morgan fingerprint density at radius 3 is 2.65 bits per heavy atom. The molecule has 0 fully saturated rings. The van der Waals surface area contributed by atoms with E-state index in [-0.39, 0.29) is 5.54 Å². The number of fused-ring (bicyclic) bond motifs is 1. The van der Waals surface area contributed by atoms with E-state index in [2.05, 4.69) is 68.3 Å². The van der Waals surface area contributed by atoms with Gasteiger partial charge in [0.15, 0.2) is 0 Å². The molecule has 2 nitrogen and oxygen atoms in total. The van der Waals surface area contributed by atoms with E-state index in [1.807, 2.05) is 6.20 Å². The molecular formula is C18H26N2. The number of pyridine rings is 1. The smallest absolute Gasteiger partial charge is 0.0704 e. The van der Waals surface area contributed by atoms with Gasteiger partial charge in [0.2, 0.25) is 0 Å². The minimum absolute atomic E-state index is 0.211. The molecule has 0 amide bonds. The Kier molecular flexibility index (Phi) is 4.77. The lowest BCUT2D eigenvalue weighted by molar-refractivity contribution is 0.394. The Balaban J connectivity index is 1.98. The molecule has 1 aromatic heterocycles. The summed E-state index contributed by atoms with van der Waals surface area (Å²) in [5.41, 5.74) is 2.73. The molecule has 1 unspecified atom stereocenters. The minimum Gasteiger partial charge on any atom is -0.312 e. The first kappa shape index (κ1) is 15.0. The van der Waals surface area contributed by atoms with Crippen molar-refractivity contribution in [2.75, 3.05) is 6.54 Å². The summed E-state index contributed by atoms with van der Waals surface area (Å²) in [5, 5.41) is 4.86. The Hall–Kier alpha value is -1.41. The lowest BCUT2D eigenvalue weighted by Gasteiger charge is -2.22. The number of hydrogen-bond acceptors (Lipinski definition) is 2. The fraction of sp³-hybridized carbons (Fsp3) is 0.500. The molecule has 1 N–H and O–H groups in total. The zero-order valence-electron chi connectivity index (χ0n) is 13.1. The van der Waals surface area contributed by atoms with Gasteiger partial charge in [-0.3, -0.25) is 4.98 Å². The van der Waals surface area contributed by atoms with Crippen LogP contribution in [0.1, 0.15) is 39.7 Å². The third-order valence-electron chi connectivity index (χ3n) is 3.60. The molecule has 0 spiro atoms. The first-order valence-corrected chi connectivity index (χ1v) is 7.53. The Bertz CT molecular complexity index is 549. The Labute approximate surface area is 122 Å². The minimum atomic E-state index is 0.211. The van der Waals surface area contributed by atoms with E-state index in [9.17, 15) is 0 Å². The lowest BCUT2D eigenvalue weighted by atomic mass is 9.95. The molecule has 0 bridgehead atoms. The molecule has 0 saturated heterocycles. The highest BCUT2D eigenvalue weighted by molar-refractivity contribution is 5.81. The van der Waals surface area contributed by atoms with Crippen molar-refractivity contribution in [2.24, 2.45) is 5.92 Å². The van der Waals surface area contributed by atoms with E-state index in [1.54, 1.807) is 0 Å². The van der Waals surface area contributed by atoms with Crippen LogP contribution in [0.5, 0.6) is 0 Å². The maximum atomic E-state index is 4.43. The second kappa shape index (κ2) is 6.36. The summed E-state index contributed by atoms with van der Waals surface area (Å²) >= 11 is 0. The van der Waals surface area contributed by atoms with E-state index >= 15 is 0 Å². The molecule has 0 radical (unpaired) electrons. The molecule has 20 heavy (non-hydrogen) atoms. The van der Waals surface area contributed by atoms with Gasteiger partial charge in [0.05, 0.1) is 5.52 Å². The molecule has 2 aromatic rings. The number of nitrogens with zero attached hydrogens (tertiary/aromatic N) is 1. The van der Waals surface area contributed by atoms with Crippen molar-refractivity contribution >= 4 is 10.9 Å². The van der Waals surface area contributed by atoms with Gasteiger partial charge in [-0.25, -0.2) is 0 Å². The normalized spacial score (nSPS) is 13.6. The summed E-state index contributed by atoms with van der Waals surface area (Å²) in [6.07, 6.45) is 4.25. The van der Waals surface area contributed by atoms with E-state index in [0.29, 0.717) is 5.92 Å². The standard InChI is InChI=1S/C18H26N2/c1-14(9-12-20-18(2,3)4)13-15-10-11-19-17-8-6-5-7-16(15)17/h5-8,10-11,14,20H,9,12-13H2,1-4H3. The van der Waals surface area contributed by atoms with E-state index in [1.165, 1.54) is 17.4 Å².